The Morgan fingerprint density at radius 2 is 2.14 bits per heavy atom. The lowest BCUT2D eigenvalue weighted by Crippen LogP contribution is -2.32. The molecule has 6 heteroatoms. The zero-order chi connectivity index (χ0) is 16.1. The molecule has 1 aliphatic heterocycles. The van der Waals surface area contributed by atoms with Crippen molar-refractivity contribution < 1.29 is 14.3 Å². The van der Waals surface area contributed by atoms with Gasteiger partial charge in [-0.05, 0) is 30.2 Å². The number of urea groups is 1. The highest BCUT2D eigenvalue weighted by molar-refractivity contribution is 5.97. The molecule has 1 heterocycles. The topological polar surface area (TPSA) is 70.7 Å². The summed E-state index contributed by atoms with van der Waals surface area (Å²) in [6.45, 7) is 5.45. The van der Waals surface area contributed by atoms with Gasteiger partial charge in [-0.15, -0.1) is 0 Å². The number of carbonyl (C=O) groups excluding carboxylic acids is 2. The molecule has 2 rings (SSSR count). The van der Waals surface area contributed by atoms with Crippen molar-refractivity contribution in [2.24, 2.45) is 5.92 Å². The summed E-state index contributed by atoms with van der Waals surface area (Å²) in [5.41, 5.74) is 2.76. The number of carbonyl (C=O) groups is 2. The first kappa shape index (κ1) is 16.3. The van der Waals surface area contributed by atoms with E-state index in [9.17, 15) is 9.59 Å². The predicted octanol–water partition coefficient (Wildman–Crippen LogP) is 2.00. The summed E-state index contributed by atoms with van der Waals surface area (Å²) < 4.78 is 4.88. The summed E-state index contributed by atoms with van der Waals surface area (Å²) in [7, 11) is 1.59. The van der Waals surface area contributed by atoms with Crippen LogP contribution in [0.3, 0.4) is 0 Å². The number of anilines is 2. The van der Waals surface area contributed by atoms with Crippen LogP contribution in [0.15, 0.2) is 18.2 Å². The quantitative estimate of drug-likeness (QED) is 0.817. The van der Waals surface area contributed by atoms with Gasteiger partial charge in [-0.1, -0.05) is 13.8 Å². The van der Waals surface area contributed by atoms with Crippen molar-refractivity contribution in [1.29, 1.82) is 0 Å². The monoisotopic (exact) mass is 305 g/mol. The van der Waals surface area contributed by atoms with E-state index in [2.05, 4.69) is 10.6 Å². The fourth-order valence-electron chi connectivity index (χ4n) is 2.46. The van der Waals surface area contributed by atoms with E-state index in [4.69, 9.17) is 4.74 Å². The molecule has 2 N–H and O–H groups in total. The molecule has 3 amide bonds. The Kier molecular flexibility index (Phi) is 5.38. The molecule has 0 spiro atoms. The molecule has 0 aromatic heterocycles. The number of nitrogens with zero attached hydrogens (tertiary/aromatic N) is 1. The summed E-state index contributed by atoms with van der Waals surface area (Å²) in [5.74, 6) is 0.118. The summed E-state index contributed by atoms with van der Waals surface area (Å²) >= 11 is 0. The van der Waals surface area contributed by atoms with Crippen LogP contribution in [-0.4, -0.2) is 38.7 Å². The fourth-order valence-corrected chi connectivity index (χ4v) is 2.46. The van der Waals surface area contributed by atoms with Crippen LogP contribution in [-0.2, 0) is 16.0 Å². The standard InChI is InChI=1S/C16H23N3O3/c1-11(2)15(20)19-8-6-12-10-13(4-5-14(12)19)18-16(21)17-7-9-22-3/h4-5,10-11H,6-9H2,1-3H3,(H2,17,18,21). The van der Waals surface area contributed by atoms with Crippen molar-refractivity contribution in [2.75, 3.05) is 37.0 Å². The van der Waals surface area contributed by atoms with Crippen molar-refractivity contribution >= 4 is 23.3 Å². The van der Waals surface area contributed by atoms with Crippen LogP contribution in [0, 0.1) is 5.92 Å². The second kappa shape index (κ2) is 7.26. The van der Waals surface area contributed by atoms with E-state index >= 15 is 0 Å². The highest BCUT2D eigenvalue weighted by atomic mass is 16.5. The Bertz CT molecular complexity index is 558. The molecule has 120 valence electrons. The maximum absolute atomic E-state index is 12.2. The minimum atomic E-state index is -0.259. The Morgan fingerprint density at radius 3 is 2.82 bits per heavy atom. The summed E-state index contributed by atoms with van der Waals surface area (Å²) in [5, 5.41) is 5.49. The number of nitrogens with one attached hydrogen (secondary N) is 2. The number of benzene rings is 1. The molecule has 1 aromatic carbocycles. The summed E-state index contributed by atoms with van der Waals surface area (Å²) in [6.07, 6.45) is 0.814. The van der Waals surface area contributed by atoms with Crippen molar-refractivity contribution in [3.63, 3.8) is 0 Å². The number of ether oxygens (including phenoxy) is 1. The number of amides is 3. The number of rotatable bonds is 5. The van der Waals surface area contributed by atoms with E-state index in [1.54, 1.807) is 7.11 Å². The molecule has 0 unspecified atom stereocenters. The van der Waals surface area contributed by atoms with Gasteiger partial charge in [-0.25, -0.2) is 4.79 Å². The average Bonchev–Trinajstić information content (AvgIpc) is 2.89. The van der Waals surface area contributed by atoms with Gasteiger partial charge in [-0.3, -0.25) is 4.79 Å². The van der Waals surface area contributed by atoms with Gasteiger partial charge in [0, 0.05) is 37.5 Å². The van der Waals surface area contributed by atoms with Gasteiger partial charge >= 0.3 is 6.03 Å². The third-order valence-corrected chi connectivity index (χ3v) is 3.58. The lowest BCUT2D eigenvalue weighted by molar-refractivity contribution is -0.121. The molecule has 0 atom stereocenters. The molecule has 0 fully saturated rings. The molecule has 0 aliphatic carbocycles. The van der Waals surface area contributed by atoms with E-state index < -0.39 is 0 Å². The van der Waals surface area contributed by atoms with Crippen molar-refractivity contribution in [2.45, 2.75) is 20.3 Å². The van der Waals surface area contributed by atoms with Gasteiger partial charge in [0.15, 0.2) is 0 Å². The van der Waals surface area contributed by atoms with Crippen molar-refractivity contribution in [3.05, 3.63) is 23.8 Å². The SMILES string of the molecule is COCCNC(=O)Nc1ccc2c(c1)CCN2C(=O)C(C)C. The van der Waals surface area contributed by atoms with E-state index in [1.165, 1.54) is 0 Å². The van der Waals surface area contributed by atoms with Crippen LogP contribution in [0.1, 0.15) is 19.4 Å². The average molecular weight is 305 g/mol. The van der Waals surface area contributed by atoms with Crippen LogP contribution >= 0.6 is 0 Å². The lowest BCUT2D eigenvalue weighted by Gasteiger charge is -2.19. The first-order chi connectivity index (χ1) is 10.5. The molecule has 6 nitrogen and oxygen atoms in total. The normalized spacial score (nSPS) is 13.2. The Morgan fingerprint density at radius 1 is 1.36 bits per heavy atom. The third kappa shape index (κ3) is 3.76. The maximum Gasteiger partial charge on any atom is 0.319 e. The first-order valence-electron chi connectivity index (χ1n) is 7.51. The van der Waals surface area contributed by atoms with Crippen LogP contribution < -0.4 is 15.5 Å². The molecule has 22 heavy (non-hydrogen) atoms. The van der Waals surface area contributed by atoms with Crippen LogP contribution in [0.5, 0.6) is 0 Å². The second-order valence-corrected chi connectivity index (χ2v) is 5.61. The molecular formula is C16H23N3O3. The fraction of sp³-hybridized carbons (Fsp3) is 0.500. The predicted molar refractivity (Wildman–Crippen MR) is 86.2 cm³/mol. The van der Waals surface area contributed by atoms with E-state index in [0.717, 1.165) is 23.4 Å². The third-order valence-electron chi connectivity index (χ3n) is 3.58. The van der Waals surface area contributed by atoms with Gasteiger partial charge in [0.05, 0.1) is 6.61 Å². The minimum Gasteiger partial charge on any atom is -0.383 e. The van der Waals surface area contributed by atoms with Gasteiger partial charge in [0.25, 0.3) is 0 Å². The van der Waals surface area contributed by atoms with Crippen molar-refractivity contribution in [3.8, 4) is 0 Å². The molecule has 1 aromatic rings. The number of methoxy groups -OCH3 is 1. The molecule has 0 radical (unpaired) electrons. The maximum atomic E-state index is 12.2. The van der Waals surface area contributed by atoms with E-state index in [-0.39, 0.29) is 17.9 Å². The number of hydrogen-bond acceptors (Lipinski definition) is 3. The Labute approximate surface area is 130 Å². The van der Waals surface area contributed by atoms with Crippen LogP contribution in [0.25, 0.3) is 0 Å². The Balaban J connectivity index is 2.01. The van der Waals surface area contributed by atoms with E-state index in [1.807, 2.05) is 36.9 Å². The zero-order valence-corrected chi connectivity index (χ0v) is 13.3. The van der Waals surface area contributed by atoms with Gasteiger partial charge in [0.2, 0.25) is 5.91 Å². The zero-order valence-electron chi connectivity index (χ0n) is 13.3. The summed E-state index contributed by atoms with van der Waals surface area (Å²) in [6, 6.07) is 5.39. The summed E-state index contributed by atoms with van der Waals surface area (Å²) in [4.78, 5) is 25.7. The van der Waals surface area contributed by atoms with Crippen LogP contribution in [0.4, 0.5) is 16.2 Å². The highest BCUT2D eigenvalue weighted by Gasteiger charge is 2.26. The van der Waals surface area contributed by atoms with Crippen molar-refractivity contribution in [1.82, 2.24) is 5.32 Å². The second-order valence-electron chi connectivity index (χ2n) is 5.61. The van der Waals surface area contributed by atoms with Crippen LogP contribution in [0.2, 0.25) is 0 Å². The largest absolute Gasteiger partial charge is 0.383 e. The smallest absolute Gasteiger partial charge is 0.319 e. The molecular weight excluding hydrogens is 282 g/mol. The minimum absolute atomic E-state index is 0.0182. The molecule has 0 saturated carbocycles. The van der Waals surface area contributed by atoms with Gasteiger partial charge in [-0.2, -0.15) is 0 Å². The van der Waals surface area contributed by atoms with Gasteiger partial charge < -0.3 is 20.3 Å². The lowest BCUT2D eigenvalue weighted by atomic mass is 10.1. The number of fused-ring (bicyclic) bond motifs is 1. The molecule has 1 aliphatic rings. The van der Waals surface area contributed by atoms with Gasteiger partial charge in [0.1, 0.15) is 0 Å². The first-order valence-corrected chi connectivity index (χ1v) is 7.51. The van der Waals surface area contributed by atoms with E-state index in [0.29, 0.717) is 19.7 Å². The Hall–Kier alpha value is -2.08. The number of hydrogen-bond donors (Lipinski definition) is 2. The highest BCUT2D eigenvalue weighted by Crippen LogP contribution is 2.31. The molecule has 0 saturated heterocycles. The molecule has 0 bridgehead atoms.